The number of hydrogen-bond donors (Lipinski definition) is 1. The van der Waals surface area contributed by atoms with Gasteiger partial charge >= 0.3 is 6.18 Å². The van der Waals surface area contributed by atoms with Gasteiger partial charge in [-0.15, -0.1) is 11.3 Å². The predicted octanol–water partition coefficient (Wildman–Crippen LogP) is 3.67. The van der Waals surface area contributed by atoms with Crippen molar-refractivity contribution in [3.63, 3.8) is 0 Å². The average Bonchev–Trinajstić information content (AvgIpc) is 2.97. The van der Waals surface area contributed by atoms with E-state index in [4.69, 9.17) is 5.73 Å². The van der Waals surface area contributed by atoms with Crippen molar-refractivity contribution in [1.29, 1.82) is 0 Å². The lowest BCUT2D eigenvalue weighted by atomic mass is 9.74. The van der Waals surface area contributed by atoms with E-state index in [0.717, 1.165) is 19.4 Å². The number of alkyl halides is 3. The van der Waals surface area contributed by atoms with Crippen molar-refractivity contribution < 1.29 is 13.2 Å². The van der Waals surface area contributed by atoms with Crippen LogP contribution in [0.25, 0.3) is 0 Å². The molecular weight excluding hydrogens is 297 g/mol. The van der Waals surface area contributed by atoms with Crippen LogP contribution in [0.4, 0.5) is 13.2 Å². The van der Waals surface area contributed by atoms with Crippen molar-refractivity contribution in [1.82, 2.24) is 4.90 Å². The van der Waals surface area contributed by atoms with Gasteiger partial charge in [0.2, 0.25) is 0 Å². The predicted molar refractivity (Wildman–Crippen MR) is 80.5 cm³/mol. The molecule has 0 aromatic carbocycles. The van der Waals surface area contributed by atoms with E-state index < -0.39 is 17.6 Å². The Hall–Kier alpha value is -0.590. The Bertz CT molecular complexity index is 433. The van der Waals surface area contributed by atoms with Crippen LogP contribution >= 0.6 is 11.3 Å². The van der Waals surface area contributed by atoms with Crippen LogP contribution < -0.4 is 5.73 Å². The van der Waals surface area contributed by atoms with Gasteiger partial charge in [0.25, 0.3) is 0 Å². The molecule has 21 heavy (non-hydrogen) atoms. The molecule has 2 nitrogen and oxygen atoms in total. The quantitative estimate of drug-likeness (QED) is 0.897. The summed E-state index contributed by atoms with van der Waals surface area (Å²) >= 11 is 1.68. The summed E-state index contributed by atoms with van der Waals surface area (Å²) in [7, 11) is 1.92. The number of hydrogen-bond acceptors (Lipinski definition) is 3. The van der Waals surface area contributed by atoms with Crippen LogP contribution in [-0.4, -0.2) is 36.8 Å². The summed E-state index contributed by atoms with van der Waals surface area (Å²) in [5.41, 5.74) is 5.38. The summed E-state index contributed by atoms with van der Waals surface area (Å²) in [4.78, 5) is 3.32. The third-order valence-electron chi connectivity index (χ3n) is 4.75. The molecule has 0 saturated heterocycles. The first kappa shape index (κ1) is 16.8. The van der Waals surface area contributed by atoms with Crippen LogP contribution in [-0.2, 0) is 6.42 Å². The van der Waals surface area contributed by atoms with Crippen molar-refractivity contribution in [2.75, 3.05) is 20.1 Å². The summed E-state index contributed by atoms with van der Waals surface area (Å²) < 4.78 is 39.1. The first-order valence-corrected chi connectivity index (χ1v) is 8.26. The van der Waals surface area contributed by atoms with Gasteiger partial charge in [0.15, 0.2) is 0 Å². The van der Waals surface area contributed by atoms with Crippen molar-refractivity contribution in [3.8, 4) is 0 Å². The molecule has 0 amide bonds. The zero-order valence-electron chi connectivity index (χ0n) is 12.3. The van der Waals surface area contributed by atoms with Crippen LogP contribution in [0.15, 0.2) is 17.5 Å². The minimum atomic E-state index is -4.10. The minimum Gasteiger partial charge on any atom is -0.329 e. The van der Waals surface area contributed by atoms with Crippen molar-refractivity contribution >= 4 is 11.3 Å². The summed E-state index contributed by atoms with van der Waals surface area (Å²) in [6.07, 6.45) is -1.50. The van der Waals surface area contributed by atoms with E-state index in [-0.39, 0.29) is 12.8 Å². The molecule has 6 heteroatoms. The molecule has 0 spiro atoms. The Morgan fingerprint density at radius 2 is 2.24 bits per heavy atom. The van der Waals surface area contributed by atoms with Gasteiger partial charge in [-0.1, -0.05) is 12.5 Å². The molecular formula is C15H23F3N2S. The lowest BCUT2D eigenvalue weighted by Gasteiger charge is -2.47. The number of nitrogens with two attached hydrogens (primary N) is 1. The molecule has 1 saturated carbocycles. The van der Waals surface area contributed by atoms with Gasteiger partial charge in [-0.05, 0) is 44.2 Å². The maximum atomic E-state index is 13.0. The Morgan fingerprint density at radius 3 is 2.81 bits per heavy atom. The second-order valence-corrected chi connectivity index (χ2v) is 7.05. The highest BCUT2D eigenvalue weighted by Gasteiger charge is 2.48. The smallest absolute Gasteiger partial charge is 0.329 e. The molecule has 1 aliphatic carbocycles. The van der Waals surface area contributed by atoms with Crippen molar-refractivity contribution in [2.24, 2.45) is 11.7 Å². The molecule has 2 unspecified atom stereocenters. The molecule has 1 aromatic heterocycles. The highest BCUT2D eigenvalue weighted by Crippen LogP contribution is 2.43. The standard InChI is InChI=1S/C15H23F3N2S/c1-20(8-6-13-5-3-9-21-13)14(11-19)7-2-4-12(10-14)15(16,17)18/h3,5,9,12H,2,4,6-8,10-11,19H2,1H3. The summed E-state index contributed by atoms with van der Waals surface area (Å²) in [6.45, 7) is 1.04. The van der Waals surface area contributed by atoms with E-state index >= 15 is 0 Å². The van der Waals surface area contributed by atoms with Crippen LogP contribution in [0.2, 0.25) is 0 Å². The Labute approximate surface area is 128 Å². The normalized spacial score (nSPS) is 27.2. The molecule has 1 aliphatic rings. The van der Waals surface area contributed by atoms with Gasteiger partial charge in [0, 0.05) is 23.5 Å². The van der Waals surface area contributed by atoms with E-state index in [1.807, 2.05) is 18.5 Å². The van der Waals surface area contributed by atoms with Crippen LogP contribution in [0.3, 0.4) is 0 Å². The van der Waals surface area contributed by atoms with E-state index in [2.05, 4.69) is 11.0 Å². The molecule has 0 aliphatic heterocycles. The lowest BCUT2D eigenvalue weighted by molar-refractivity contribution is -0.192. The largest absolute Gasteiger partial charge is 0.391 e. The summed E-state index contributed by atoms with van der Waals surface area (Å²) in [5, 5.41) is 2.02. The number of halogens is 3. The van der Waals surface area contributed by atoms with Gasteiger partial charge in [0.1, 0.15) is 0 Å². The van der Waals surface area contributed by atoms with Gasteiger partial charge < -0.3 is 5.73 Å². The zero-order valence-corrected chi connectivity index (χ0v) is 13.1. The van der Waals surface area contributed by atoms with Gasteiger partial charge in [-0.3, -0.25) is 4.90 Å². The fourth-order valence-corrected chi connectivity index (χ4v) is 3.98. The molecule has 2 atom stereocenters. The first-order valence-electron chi connectivity index (χ1n) is 7.38. The SMILES string of the molecule is CN(CCc1cccs1)C1(CN)CCCC(C(F)(F)F)C1. The van der Waals surface area contributed by atoms with Crippen LogP contribution in [0.5, 0.6) is 0 Å². The van der Waals surface area contributed by atoms with Gasteiger partial charge in [0.05, 0.1) is 5.92 Å². The van der Waals surface area contributed by atoms with Crippen molar-refractivity contribution in [2.45, 2.75) is 43.8 Å². The number of likely N-dealkylation sites (N-methyl/N-ethyl adjacent to an activating group) is 1. The maximum absolute atomic E-state index is 13.0. The summed E-state index contributed by atoms with van der Waals surface area (Å²) in [5.74, 6) is -1.21. The van der Waals surface area contributed by atoms with Crippen molar-refractivity contribution in [3.05, 3.63) is 22.4 Å². The Morgan fingerprint density at radius 1 is 1.48 bits per heavy atom. The first-order chi connectivity index (χ1) is 9.87. The minimum absolute atomic E-state index is 0.133. The van der Waals surface area contributed by atoms with E-state index in [0.29, 0.717) is 13.0 Å². The van der Waals surface area contributed by atoms with E-state index in [1.165, 1.54) is 4.88 Å². The Kier molecular flexibility index (Phi) is 5.33. The highest BCUT2D eigenvalue weighted by atomic mass is 32.1. The molecule has 0 radical (unpaired) electrons. The molecule has 2 N–H and O–H groups in total. The van der Waals surface area contributed by atoms with Gasteiger partial charge in [-0.25, -0.2) is 0 Å². The monoisotopic (exact) mass is 320 g/mol. The number of rotatable bonds is 5. The average molecular weight is 320 g/mol. The third kappa shape index (κ3) is 3.99. The second-order valence-electron chi connectivity index (χ2n) is 6.01. The molecule has 2 rings (SSSR count). The molecule has 1 heterocycles. The molecule has 0 bridgehead atoms. The fourth-order valence-electron chi connectivity index (χ4n) is 3.28. The fraction of sp³-hybridized carbons (Fsp3) is 0.733. The highest BCUT2D eigenvalue weighted by molar-refractivity contribution is 7.09. The molecule has 120 valence electrons. The maximum Gasteiger partial charge on any atom is 0.391 e. The Balaban J connectivity index is 2.01. The van der Waals surface area contributed by atoms with Gasteiger partial charge in [-0.2, -0.15) is 13.2 Å². The zero-order chi connectivity index (χ0) is 15.5. The second kappa shape index (κ2) is 6.67. The topological polar surface area (TPSA) is 29.3 Å². The van der Waals surface area contributed by atoms with E-state index in [9.17, 15) is 13.2 Å². The van der Waals surface area contributed by atoms with Crippen LogP contribution in [0, 0.1) is 5.92 Å². The number of nitrogens with zero attached hydrogens (tertiary/aromatic N) is 1. The van der Waals surface area contributed by atoms with E-state index in [1.54, 1.807) is 11.3 Å². The van der Waals surface area contributed by atoms with Crippen LogP contribution in [0.1, 0.15) is 30.6 Å². The molecule has 1 aromatic rings. The summed E-state index contributed by atoms with van der Waals surface area (Å²) in [6, 6.07) is 4.06. The molecule has 1 fully saturated rings. The lowest BCUT2D eigenvalue weighted by Crippen LogP contribution is -2.56. The third-order valence-corrected chi connectivity index (χ3v) is 5.68. The number of thiophene rings is 1.